The highest BCUT2D eigenvalue weighted by Crippen LogP contribution is 2.18. The van der Waals surface area contributed by atoms with Gasteiger partial charge in [0.25, 0.3) is 6.43 Å². The van der Waals surface area contributed by atoms with E-state index in [-0.39, 0.29) is 9.92 Å². The van der Waals surface area contributed by atoms with Gasteiger partial charge in [0.15, 0.2) is 0 Å². The summed E-state index contributed by atoms with van der Waals surface area (Å²) in [6.07, 6.45) is -0.458. The molecule has 1 heterocycles. The van der Waals surface area contributed by atoms with Gasteiger partial charge < -0.3 is 0 Å². The van der Waals surface area contributed by atoms with Crippen LogP contribution in [-0.4, -0.2) is 26.4 Å². The number of hydrogen-bond acceptors (Lipinski definition) is 3. The van der Waals surface area contributed by atoms with E-state index in [0.29, 0.717) is 0 Å². The van der Waals surface area contributed by atoms with Gasteiger partial charge in [0.1, 0.15) is 4.90 Å². The fraction of sp³-hybridized carbons (Fsp3) is 0.286. The van der Waals surface area contributed by atoms with Crippen molar-refractivity contribution in [2.24, 2.45) is 0 Å². The van der Waals surface area contributed by atoms with Crippen molar-refractivity contribution in [1.29, 1.82) is 0 Å². The van der Waals surface area contributed by atoms with Crippen LogP contribution in [0.5, 0.6) is 0 Å². The van der Waals surface area contributed by atoms with Crippen molar-refractivity contribution in [2.45, 2.75) is 11.3 Å². The zero-order chi connectivity index (χ0) is 11.5. The van der Waals surface area contributed by atoms with Crippen molar-refractivity contribution in [2.75, 3.05) is 6.54 Å². The predicted octanol–water partition coefficient (Wildman–Crippen LogP) is 1.28. The Labute approximate surface area is 90.3 Å². The van der Waals surface area contributed by atoms with E-state index in [1.54, 1.807) is 4.72 Å². The van der Waals surface area contributed by atoms with Crippen LogP contribution in [0.3, 0.4) is 0 Å². The van der Waals surface area contributed by atoms with Gasteiger partial charge in [-0.2, -0.15) is 0 Å². The number of nitrogens with one attached hydrogen (secondary N) is 1. The Kier molecular flexibility index (Phi) is 3.95. The molecule has 0 aromatic carbocycles. The number of rotatable bonds is 4. The summed E-state index contributed by atoms with van der Waals surface area (Å²) < 4.78 is 48.1. The van der Waals surface area contributed by atoms with Gasteiger partial charge in [-0.15, -0.1) is 0 Å². The molecule has 0 bridgehead atoms. The molecule has 0 unspecified atom stereocenters. The number of hydrogen-bond donors (Lipinski definition) is 1. The van der Waals surface area contributed by atoms with Crippen molar-refractivity contribution in [3.63, 3.8) is 0 Å². The number of alkyl halides is 2. The molecule has 0 aliphatic carbocycles. The summed E-state index contributed by atoms with van der Waals surface area (Å²) in [6, 6.07) is 1.26. The first-order valence-corrected chi connectivity index (χ1v) is 5.67. The molecule has 0 radical (unpaired) electrons. The molecule has 1 N–H and O–H groups in total. The lowest BCUT2D eigenvalue weighted by Crippen LogP contribution is -2.28. The highest BCUT2D eigenvalue weighted by atomic mass is 35.5. The quantitative estimate of drug-likeness (QED) is 0.883. The van der Waals surface area contributed by atoms with Crippen LogP contribution >= 0.6 is 11.6 Å². The lowest BCUT2D eigenvalue weighted by Gasteiger charge is -2.06. The fourth-order valence-corrected chi connectivity index (χ4v) is 2.25. The first kappa shape index (κ1) is 12.3. The zero-order valence-corrected chi connectivity index (χ0v) is 8.89. The van der Waals surface area contributed by atoms with Gasteiger partial charge in [-0.25, -0.2) is 21.9 Å². The van der Waals surface area contributed by atoms with Crippen LogP contribution in [0.2, 0.25) is 5.02 Å². The predicted molar refractivity (Wildman–Crippen MR) is 50.4 cm³/mol. The zero-order valence-electron chi connectivity index (χ0n) is 7.32. The monoisotopic (exact) mass is 256 g/mol. The third kappa shape index (κ3) is 3.37. The average Bonchev–Trinajstić information content (AvgIpc) is 2.15. The second kappa shape index (κ2) is 4.82. The standard InChI is InChI=1S/C7H7ClF2N2O2S/c8-5-1-2-11-3-6(5)15(13,14)12-4-7(9)10/h1-3,7,12H,4H2. The van der Waals surface area contributed by atoms with Gasteiger partial charge in [0.05, 0.1) is 11.6 Å². The molecule has 0 amide bonds. The van der Waals surface area contributed by atoms with E-state index in [4.69, 9.17) is 11.6 Å². The van der Waals surface area contributed by atoms with Crippen LogP contribution in [0.25, 0.3) is 0 Å². The molecule has 1 aromatic heterocycles. The SMILES string of the molecule is O=S(=O)(NCC(F)F)c1cnccc1Cl. The van der Waals surface area contributed by atoms with E-state index in [9.17, 15) is 17.2 Å². The molecule has 0 aliphatic heterocycles. The van der Waals surface area contributed by atoms with Crippen molar-refractivity contribution in [3.05, 3.63) is 23.5 Å². The summed E-state index contributed by atoms with van der Waals surface area (Å²) in [5.74, 6) is 0. The largest absolute Gasteiger partial charge is 0.263 e. The molecule has 0 saturated heterocycles. The topological polar surface area (TPSA) is 59.1 Å². The highest BCUT2D eigenvalue weighted by molar-refractivity contribution is 7.89. The smallest absolute Gasteiger partial charge is 0.251 e. The van der Waals surface area contributed by atoms with E-state index in [1.807, 2.05) is 0 Å². The number of halogens is 3. The van der Waals surface area contributed by atoms with Crippen molar-refractivity contribution in [1.82, 2.24) is 9.71 Å². The molecule has 1 aromatic rings. The highest BCUT2D eigenvalue weighted by Gasteiger charge is 2.19. The van der Waals surface area contributed by atoms with E-state index < -0.39 is 23.0 Å². The summed E-state index contributed by atoms with van der Waals surface area (Å²) in [4.78, 5) is 3.24. The molecular weight excluding hydrogens is 250 g/mol. The first-order valence-electron chi connectivity index (χ1n) is 3.81. The van der Waals surface area contributed by atoms with Crippen molar-refractivity contribution >= 4 is 21.6 Å². The number of nitrogens with zero attached hydrogens (tertiary/aromatic N) is 1. The van der Waals surface area contributed by atoms with Crippen molar-refractivity contribution < 1.29 is 17.2 Å². The molecule has 0 atom stereocenters. The summed E-state index contributed by atoms with van der Waals surface area (Å²) >= 11 is 5.58. The van der Waals surface area contributed by atoms with Gasteiger partial charge in [-0.3, -0.25) is 4.98 Å². The summed E-state index contributed by atoms with van der Waals surface area (Å²) in [5, 5.41) is -0.0632. The maximum absolute atomic E-state index is 11.8. The summed E-state index contributed by atoms with van der Waals surface area (Å²) in [6.45, 7) is -0.951. The number of pyridine rings is 1. The molecule has 0 aliphatic rings. The average molecular weight is 257 g/mol. The number of sulfonamides is 1. The Morgan fingerprint density at radius 1 is 1.53 bits per heavy atom. The van der Waals surface area contributed by atoms with Crippen LogP contribution in [0, 0.1) is 0 Å². The fourth-order valence-electron chi connectivity index (χ4n) is 0.811. The number of aromatic nitrogens is 1. The summed E-state index contributed by atoms with van der Waals surface area (Å²) in [5.41, 5.74) is 0. The van der Waals surface area contributed by atoms with Gasteiger partial charge in [-0.1, -0.05) is 11.6 Å². The van der Waals surface area contributed by atoms with Crippen LogP contribution in [0.1, 0.15) is 0 Å². The molecule has 15 heavy (non-hydrogen) atoms. The van der Waals surface area contributed by atoms with Crippen molar-refractivity contribution in [3.8, 4) is 0 Å². The maximum Gasteiger partial charge on any atom is 0.251 e. The summed E-state index contributed by atoms with van der Waals surface area (Å²) in [7, 11) is -4.01. The molecule has 8 heteroatoms. The minimum Gasteiger partial charge on any atom is -0.263 e. The Morgan fingerprint density at radius 2 is 2.20 bits per heavy atom. The molecule has 0 fully saturated rings. The lowest BCUT2D eigenvalue weighted by molar-refractivity contribution is 0.153. The van der Waals surface area contributed by atoms with Gasteiger partial charge >= 0.3 is 0 Å². The Hall–Kier alpha value is -0.790. The minimum atomic E-state index is -4.01. The Morgan fingerprint density at radius 3 is 2.73 bits per heavy atom. The van der Waals surface area contributed by atoms with Crippen LogP contribution in [0.15, 0.2) is 23.4 Å². The van der Waals surface area contributed by atoms with Crippen LogP contribution in [-0.2, 0) is 10.0 Å². The second-order valence-electron chi connectivity index (χ2n) is 2.55. The second-order valence-corrected chi connectivity index (χ2v) is 4.69. The van der Waals surface area contributed by atoms with Crippen LogP contribution in [0.4, 0.5) is 8.78 Å². The third-order valence-corrected chi connectivity index (χ3v) is 3.34. The van der Waals surface area contributed by atoms with E-state index in [1.165, 1.54) is 12.3 Å². The normalized spacial score (nSPS) is 12.0. The molecule has 4 nitrogen and oxygen atoms in total. The molecule has 84 valence electrons. The Balaban J connectivity index is 2.92. The third-order valence-electron chi connectivity index (χ3n) is 1.45. The van der Waals surface area contributed by atoms with Gasteiger partial charge in [0, 0.05) is 12.4 Å². The first-order chi connectivity index (χ1) is 6.93. The molecular formula is C7H7ClF2N2O2S. The van der Waals surface area contributed by atoms with E-state index >= 15 is 0 Å². The lowest BCUT2D eigenvalue weighted by atomic mass is 10.5. The van der Waals surface area contributed by atoms with E-state index in [2.05, 4.69) is 4.98 Å². The maximum atomic E-state index is 11.8. The van der Waals surface area contributed by atoms with E-state index in [0.717, 1.165) is 6.20 Å². The molecule has 0 saturated carbocycles. The van der Waals surface area contributed by atoms with Gasteiger partial charge in [-0.05, 0) is 6.07 Å². The molecule has 0 spiro atoms. The minimum absolute atomic E-state index is 0.0632. The van der Waals surface area contributed by atoms with Crippen LogP contribution < -0.4 is 4.72 Å². The Bertz CT molecular complexity index is 438. The van der Waals surface area contributed by atoms with Gasteiger partial charge in [0.2, 0.25) is 10.0 Å². The molecule has 1 rings (SSSR count).